The Bertz CT molecular complexity index is 1030. The van der Waals surface area contributed by atoms with Gasteiger partial charge in [0, 0.05) is 25.4 Å². The summed E-state index contributed by atoms with van der Waals surface area (Å²) in [5.41, 5.74) is 5.28. The number of anilines is 2. The first kappa shape index (κ1) is 12.5. The highest BCUT2D eigenvalue weighted by atomic mass is 15.3. The second-order valence-corrected chi connectivity index (χ2v) is 5.83. The van der Waals surface area contributed by atoms with E-state index in [0.29, 0.717) is 22.9 Å². The minimum Gasteiger partial charge on any atom is -0.337 e. The van der Waals surface area contributed by atoms with Crippen LogP contribution >= 0.6 is 0 Å². The number of rotatable bonds is 3. The predicted octanol–water partition coefficient (Wildman–Crippen LogP) is 2.26. The third kappa shape index (κ3) is 1.95. The van der Waals surface area contributed by atoms with Crippen LogP contribution in [0.25, 0.3) is 22.2 Å². The van der Waals surface area contributed by atoms with Crippen molar-refractivity contribution in [3.05, 3.63) is 30.4 Å². The summed E-state index contributed by atoms with van der Waals surface area (Å²) < 4.78 is 1.89. The normalized spacial score (nSPS) is 14.7. The SMILES string of the molecule is Cn1nc(C2CC2)c2ncc(Nc3[nH]nc4nccnc34)cc21. The van der Waals surface area contributed by atoms with Crippen LogP contribution in [0.2, 0.25) is 0 Å². The van der Waals surface area contributed by atoms with Crippen molar-refractivity contribution in [2.75, 3.05) is 5.32 Å². The largest absolute Gasteiger partial charge is 0.337 e. The predicted molar refractivity (Wildman–Crippen MR) is 85.5 cm³/mol. The second-order valence-electron chi connectivity index (χ2n) is 5.83. The Hall–Kier alpha value is -3.03. The van der Waals surface area contributed by atoms with E-state index >= 15 is 0 Å². The van der Waals surface area contributed by atoms with Crippen molar-refractivity contribution in [3.63, 3.8) is 0 Å². The molecule has 1 fully saturated rings. The van der Waals surface area contributed by atoms with Crippen molar-refractivity contribution in [1.29, 1.82) is 0 Å². The Labute approximate surface area is 131 Å². The molecular weight excluding hydrogens is 292 g/mol. The van der Waals surface area contributed by atoms with E-state index in [1.54, 1.807) is 12.4 Å². The Morgan fingerprint density at radius 1 is 1.17 bits per heavy atom. The summed E-state index contributed by atoms with van der Waals surface area (Å²) in [6.07, 6.45) is 7.52. The van der Waals surface area contributed by atoms with E-state index in [1.165, 1.54) is 12.8 Å². The minimum atomic E-state index is 0.580. The number of H-pyrrole nitrogens is 1. The Morgan fingerprint density at radius 2 is 2.04 bits per heavy atom. The quantitative estimate of drug-likeness (QED) is 0.602. The van der Waals surface area contributed by atoms with Gasteiger partial charge in [0.15, 0.2) is 11.3 Å². The molecule has 23 heavy (non-hydrogen) atoms. The summed E-state index contributed by atoms with van der Waals surface area (Å²) in [6.45, 7) is 0. The lowest BCUT2D eigenvalue weighted by Gasteiger charge is -2.04. The lowest BCUT2D eigenvalue weighted by molar-refractivity contribution is 0.767. The average Bonchev–Trinajstić information content (AvgIpc) is 3.27. The summed E-state index contributed by atoms with van der Waals surface area (Å²) in [4.78, 5) is 13.1. The molecule has 0 atom stereocenters. The molecule has 1 saturated carbocycles. The van der Waals surface area contributed by atoms with Crippen molar-refractivity contribution in [1.82, 2.24) is 34.9 Å². The van der Waals surface area contributed by atoms with Crippen LogP contribution in [0.1, 0.15) is 24.5 Å². The summed E-state index contributed by atoms with van der Waals surface area (Å²) in [6, 6.07) is 2.05. The number of fused-ring (bicyclic) bond motifs is 2. The van der Waals surface area contributed by atoms with Crippen LogP contribution in [-0.2, 0) is 7.05 Å². The number of pyridine rings is 1. The highest BCUT2D eigenvalue weighted by Gasteiger charge is 2.29. The molecule has 8 nitrogen and oxygen atoms in total. The van der Waals surface area contributed by atoms with E-state index in [9.17, 15) is 0 Å². The second kappa shape index (κ2) is 4.48. The smallest absolute Gasteiger partial charge is 0.201 e. The van der Waals surface area contributed by atoms with Gasteiger partial charge >= 0.3 is 0 Å². The monoisotopic (exact) mass is 306 g/mol. The number of nitrogens with one attached hydrogen (secondary N) is 2. The van der Waals surface area contributed by atoms with Crippen LogP contribution in [0.5, 0.6) is 0 Å². The van der Waals surface area contributed by atoms with E-state index < -0.39 is 0 Å². The zero-order chi connectivity index (χ0) is 15.4. The average molecular weight is 306 g/mol. The van der Waals surface area contributed by atoms with Gasteiger partial charge in [-0.3, -0.25) is 14.8 Å². The fourth-order valence-corrected chi connectivity index (χ4v) is 2.84. The highest BCUT2D eigenvalue weighted by molar-refractivity contribution is 5.87. The molecule has 0 unspecified atom stereocenters. The third-order valence-corrected chi connectivity index (χ3v) is 4.14. The maximum atomic E-state index is 4.62. The molecule has 0 amide bonds. The Kier molecular flexibility index (Phi) is 2.44. The zero-order valence-electron chi connectivity index (χ0n) is 12.5. The molecule has 0 aromatic carbocycles. The van der Waals surface area contributed by atoms with Crippen LogP contribution in [0, 0.1) is 0 Å². The Morgan fingerprint density at radius 3 is 2.91 bits per heavy atom. The standard InChI is InChI=1S/C15H14N8/c1-23-10-6-9(7-18-12(10)11(22-23)8-2-3-8)19-15-13-14(20-21-15)17-5-4-16-13/h4-8H,2-3H2,1H3,(H2,17,19,20,21). The molecule has 1 aliphatic carbocycles. The van der Waals surface area contributed by atoms with Crippen LogP contribution in [0.4, 0.5) is 11.5 Å². The molecule has 0 aliphatic heterocycles. The molecule has 2 N–H and O–H groups in total. The van der Waals surface area contributed by atoms with Gasteiger partial charge in [-0.2, -0.15) is 10.2 Å². The minimum absolute atomic E-state index is 0.580. The lowest BCUT2D eigenvalue weighted by Crippen LogP contribution is -1.95. The number of hydrogen-bond donors (Lipinski definition) is 2. The maximum Gasteiger partial charge on any atom is 0.201 e. The van der Waals surface area contributed by atoms with Crippen molar-refractivity contribution < 1.29 is 0 Å². The van der Waals surface area contributed by atoms with Gasteiger partial charge in [-0.25, -0.2) is 9.97 Å². The third-order valence-electron chi connectivity index (χ3n) is 4.14. The van der Waals surface area contributed by atoms with E-state index in [0.717, 1.165) is 22.4 Å². The van der Waals surface area contributed by atoms with Crippen molar-refractivity contribution in [2.24, 2.45) is 7.05 Å². The lowest BCUT2D eigenvalue weighted by atomic mass is 10.2. The maximum absolute atomic E-state index is 4.62. The molecule has 4 aromatic rings. The molecule has 114 valence electrons. The molecule has 1 aliphatic rings. The molecule has 0 saturated heterocycles. The fourth-order valence-electron chi connectivity index (χ4n) is 2.84. The fraction of sp³-hybridized carbons (Fsp3) is 0.267. The van der Waals surface area contributed by atoms with Gasteiger partial charge < -0.3 is 5.32 Å². The van der Waals surface area contributed by atoms with Crippen LogP contribution in [0.3, 0.4) is 0 Å². The molecule has 5 rings (SSSR count). The first-order valence-corrected chi connectivity index (χ1v) is 7.54. The van der Waals surface area contributed by atoms with Crippen LogP contribution < -0.4 is 5.32 Å². The number of aromatic nitrogens is 7. The van der Waals surface area contributed by atoms with Gasteiger partial charge in [-0.05, 0) is 18.9 Å². The summed E-state index contributed by atoms with van der Waals surface area (Å²) >= 11 is 0. The van der Waals surface area contributed by atoms with E-state index in [-0.39, 0.29) is 0 Å². The van der Waals surface area contributed by atoms with Crippen molar-refractivity contribution >= 4 is 33.7 Å². The summed E-state index contributed by atoms with van der Waals surface area (Å²) in [5.74, 6) is 1.29. The van der Waals surface area contributed by atoms with Crippen LogP contribution in [-0.4, -0.2) is 34.9 Å². The van der Waals surface area contributed by atoms with Gasteiger partial charge in [0.2, 0.25) is 5.65 Å². The Balaban J connectivity index is 1.57. The molecule has 8 heteroatoms. The summed E-state index contributed by atoms with van der Waals surface area (Å²) in [5, 5.41) is 15.0. The van der Waals surface area contributed by atoms with Gasteiger partial charge in [0.05, 0.1) is 23.1 Å². The number of aryl methyl sites for hydroxylation is 1. The van der Waals surface area contributed by atoms with E-state index in [4.69, 9.17) is 0 Å². The van der Waals surface area contributed by atoms with E-state index in [2.05, 4.69) is 35.6 Å². The van der Waals surface area contributed by atoms with Crippen molar-refractivity contribution in [2.45, 2.75) is 18.8 Å². The molecule has 0 bridgehead atoms. The van der Waals surface area contributed by atoms with Crippen LogP contribution in [0.15, 0.2) is 24.7 Å². The van der Waals surface area contributed by atoms with Gasteiger partial charge in [-0.1, -0.05) is 0 Å². The van der Waals surface area contributed by atoms with Crippen molar-refractivity contribution in [3.8, 4) is 0 Å². The van der Waals surface area contributed by atoms with Gasteiger partial charge in [0.1, 0.15) is 5.52 Å². The molecule has 4 aromatic heterocycles. The number of hydrogen-bond acceptors (Lipinski definition) is 6. The molecule has 0 spiro atoms. The summed E-state index contributed by atoms with van der Waals surface area (Å²) in [7, 11) is 1.96. The van der Waals surface area contributed by atoms with Gasteiger partial charge in [-0.15, -0.1) is 0 Å². The van der Waals surface area contributed by atoms with E-state index in [1.807, 2.05) is 24.0 Å². The van der Waals surface area contributed by atoms with Gasteiger partial charge in [0.25, 0.3) is 0 Å². The molecule has 0 radical (unpaired) electrons. The number of aromatic amines is 1. The highest BCUT2D eigenvalue weighted by Crippen LogP contribution is 2.42. The molecular formula is C15H14N8. The number of nitrogens with zero attached hydrogens (tertiary/aromatic N) is 6. The first-order chi connectivity index (χ1) is 11.3. The first-order valence-electron chi connectivity index (χ1n) is 7.54. The molecule has 4 heterocycles. The topological polar surface area (TPSA) is 97.2 Å². The zero-order valence-corrected chi connectivity index (χ0v) is 12.5.